The molecule has 3 fully saturated rings. The average Bonchev–Trinajstić information content (AvgIpc) is 3.00. The van der Waals surface area contributed by atoms with Crippen molar-refractivity contribution in [3.05, 3.63) is 18.3 Å². The molecular formula is C17H24N4O. The van der Waals surface area contributed by atoms with Gasteiger partial charge in [-0.15, -0.1) is 0 Å². The minimum atomic E-state index is 0.156. The predicted molar refractivity (Wildman–Crippen MR) is 87.0 cm³/mol. The smallest absolute Gasteiger partial charge is 0.229 e. The molecule has 1 aromatic rings. The third-order valence-electron chi connectivity index (χ3n) is 5.58. The van der Waals surface area contributed by atoms with E-state index in [0.717, 1.165) is 51.1 Å². The van der Waals surface area contributed by atoms with Crippen molar-refractivity contribution in [3.63, 3.8) is 0 Å². The Labute approximate surface area is 131 Å². The van der Waals surface area contributed by atoms with Crippen LogP contribution in [0.2, 0.25) is 0 Å². The molecule has 0 bridgehead atoms. The van der Waals surface area contributed by atoms with Gasteiger partial charge in [-0.1, -0.05) is 0 Å². The van der Waals surface area contributed by atoms with E-state index in [2.05, 4.69) is 26.6 Å². The molecule has 1 amide bonds. The molecule has 2 saturated heterocycles. The Balaban J connectivity index is 1.36. The second kappa shape index (κ2) is 5.54. The largest absolute Gasteiger partial charge is 0.370 e. The number of piperidine rings is 1. The normalized spacial score (nSPS) is 26.2. The molecule has 2 aliphatic heterocycles. The van der Waals surface area contributed by atoms with Gasteiger partial charge < -0.3 is 15.5 Å². The molecule has 5 nitrogen and oxygen atoms in total. The van der Waals surface area contributed by atoms with Crippen molar-refractivity contribution in [1.82, 2.24) is 10.3 Å². The molecule has 0 radical (unpaired) electrons. The first-order valence-electron chi connectivity index (χ1n) is 8.49. The lowest BCUT2D eigenvalue weighted by atomic mass is 9.92. The SMILES string of the molecule is O=C(Nc1ccc(N2CCCC2)cn1)C1CC12CCNCC2. The summed E-state index contributed by atoms with van der Waals surface area (Å²) in [5, 5.41) is 6.38. The van der Waals surface area contributed by atoms with Crippen LogP contribution in [-0.2, 0) is 4.79 Å². The van der Waals surface area contributed by atoms with Crippen LogP contribution in [-0.4, -0.2) is 37.1 Å². The predicted octanol–water partition coefficient (Wildman–Crippen LogP) is 2.01. The molecule has 3 aliphatic rings. The van der Waals surface area contributed by atoms with Gasteiger partial charge in [0.05, 0.1) is 11.9 Å². The van der Waals surface area contributed by atoms with Crippen LogP contribution in [0.1, 0.15) is 32.1 Å². The maximum absolute atomic E-state index is 12.4. The highest BCUT2D eigenvalue weighted by Gasteiger charge is 2.57. The van der Waals surface area contributed by atoms with Crippen LogP contribution in [0.4, 0.5) is 11.5 Å². The molecule has 1 unspecified atom stereocenters. The van der Waals surface area contributed by atoms with Crippen molar-refractivity contribution in [2.75, 3.05) is 36.4 Å². The number of aromatic nitrogens is 1. The molecule has 4 rings (SSSR count). The molecule has 5 heteroatoms. The summed E-state index contributed by atoms with van der Waals surface area (Å²) in [6, 6.07) is 4.00. The summed E-state index contributed by atoms with van der Waals surface area (Å²) in [5.74, 6) is 1.03. The summed E-state index contributed by atoms with van der Waals surface area (Å²) < 4.78 is 0. The van der Waals surface area contributed by atoms with Gasteiger partial charge in [0.15, 0.2) is 0 Å². The summed E-state index contributed by atoms with van der Waals surface area (Å²) in [5.41, 5.74) is 1.45. The Morgan fingerprint density at radius 2 is 2.05 bits per heavy atom. The summed E-state index contributed by atoms with van der Waals surface area (Å²) in [6.07, 6.45) is 7.72. The highest BCUT2D eigenvalue weighted by molar-refractivity contribution is 5.94. The van der Waals surface area contributed by atoms with Gasteiger partial charge in [-0.2, -0.15) is 0 Å². The molecule has 22 heavy (non-hydrogen) atoms. The van der Waals surface area contributed by atoms with Crippen LogP contribution in [0.15, 0.2) is 18.3 Å². The van der Waals surface area contributed by atoms with E-state index in [1.54, 1.807) is 0 Å². The number of carbonyl (C=O) groups is 1. The van der Waals surface area contributed by atoms with E-state index in [0.29, 0.717) is 5.82 Å². The van der Waals surface area contributed by atoms with Crippen molar-refractivity contribution in [1.29, 1.82) is 0 Å². The highest BCUT2D eigenvalue weighted by Crippen LogP contribution is 2.58. The average molecular weight is 300 g/mol. The molecule has 118 valence electrons. The number of amides is 1. The number of hydrogen-bond acceptors (Lipinski definition) is 4. The molecule has 1 aliphatic carbocycles. The van der Waals surface area contributed by atoms with Crippen molar-refractivity contribution in [2.24, 2.45) is 11.3 Å². The van der Waals surface area contributed by atoms with Gasteiger partial charge in [0.2, 0.25) is 5.91 Å². The molecule has 3 heterocycles. The number of nitrogens with one attached hydrogen (secondary N) is 2. The standard InChI is InChI=1S/C17H24N4O/c22-16(14-11-17(14)5-7-18-8-6-17)20-15-4-3-13(12-19-15)21-9-1-2-10-21/h3-4,12,14,18H,1-2,5-11H2,(H,19,20,22). The molecule has 1 spiro atoms. The molecule has 1 saturated carbocycles. The van der Waals surface area contributed by atoms with E-state index in [4.69, 9.17) is 0 Å². The van der Waals surface area contributed by atoms with Crippen LogP contribution >= 0.6 is 0 Å². The van der Waals surface area contributed by atoms with Crippen LogP contribution in [0.3, 0.4) is 0 Å². The topological polar surface area (TPSA) is 57.3 Å². The summed E-state index contributed by atoms with van der Waals surface area (Å²) >= 11 is 0. The van der Waals surface area contributed by atoms with Gasteiger partial charge in [0, 0.05) is 19.0 Å². The Morgan fingerprint density at radius 3 is 2.73 bits per heavy atom. The summed E-state index contributed by atoms with van der Waals surface area (Å²) in [7, 11) is 0. The van der Waals surface area contributed by atoms with E-state index in [9.17, 15) is 4.79 Å². The number of rotatable bonds is 3. The van der Waals surface area contributed by atoms with Crippen LogP contribution in [0.25, 0.3) is 0 Å². The van der Waals surface area contributed by atoms with Crippen molar-refractivity contribution in [2.45, 2.75) is 32.1 Å². The Hall–Kier alpha value is -1.62. The van der Waals surface area contributed by atoms with E-state index < -0.39 is 0 Å². The first kappa shape index (κ1) is 14.0. The zero-order chi connectivity index (χ0) is 15.0. The van der Waals surface area contributed by atoms with Crippen LogP contribution in [0, 0.1) is 11.3 Å². The van der Waals surface area contributed by atoms with Gasteiger partial charge >= 0.3 is 0 Å². The lowest BCUT2D eigenvalue weighted by Gasteiger charge is -2.23. The van der Waals surface area contributed by atoms with Gasteiger partial charge in [0.25, 0.3) is 0 Å². The Kier molecular flexibility index (Phi) is 3.53. The second-order valence-electron chi connectivity index (χ2n) is 6.95. The van der Waals surface area contributed by atoms with Crippen molar-refractivity contribution in [3.8, 4) is 0 Å². The van der Waals surface area contributed by atoms with E-state index in [1.165, 1.54) is 12.8 Å². The summed E-state index contributed by atoms with van der Waals surface area (Å²) in [6.45, 7) is 4.33. The lowest BCUT2D eigenvalue weighted by molar-refractivity contribution is -0.118. The van der Waals surface area contributed by atoms with Crippen LogP contribution < -0.4 is 15.5 Å². The van der Waals surface area contributed by atoms with E-state index in [1.807, 2.05) is 12.3 Å². The third-order valence-corrected chi connectivity index (χ3v) is 5.58. The number of nitrogens with zero attached hydrogens (tertiary/aromatic N) is 2. The first-order chi connectivity index (χ1) is 10.8. The zero-order valence-electron chi connectivity index (χ0n) is 13.0. The molecule has 1 atom stereocenters. The maximum atomic E-state index is 12.4. The number of anilines is 2. The highest BCUT2D eigenvalue weighted by atomic mass is 16.2. The Bertz CT molecular complexity index is 544. The lowest BCUT2D eigenvalue weighted by Crippen LogP contribution is -2.31. The van der Waals surface area contributed by atoms with Gasteiger partial charge in [-0.3, -0.25) is 4.79 Å². The van der Waals surface area contributed by atoms with Gasteiger partial charge in [-0.05, 0) is 62.7 Å². The van der Waals surface area contributed by atoms with Crippen molar-refractivity contribution >= 4 is 17.4 Å². The fourth-order valence-electron chi connectivity index (χ4n) is 4.03. The third kappa shape index (κ3) is 2.58. The maximum Gasteiger partial charge on any atom is 0.229 e. The monoisotopic (exact) mass is 300 g/mol. The minimum Gasteiger partial charge on any atom is -0.370 e. The van der Waals surface area contributed by atoms with Crippen LogP contribution in [0.5, 0.6) is 0 Å². The molecule has 2 N–H and O–H groups in total. The van der Waals surface area contributed by atoms with Gasteiger partial charge in [0.1, 0.15) is 5.82 Å². The molecule has 1 aromatic heterocycles. The summed E-state index contributed by atoms with van der Waals surface area (Å²) in [4.78, 5) is 19.2. The van der Waals surface area contributed by atoms with Crippen molar-refractivity contribution < 1.29 is 4.79 Å². The number of pyridine rings is 1. The number of carbonyl (C=O) groups excluding carboxylic acids is 1. The van der Waals surface area contributed by atoms with Gasteiger partial charge in [-0.25, -0.2) is 4.98 Å². The van der Waals surface area contributed by atoms with E-state index >= 15 is 0 Å². The fourth-order valence-corrected chi connectivity index (χ4v) is 4.03. The van der Waals surface area contributed by atoms with E-state index in [-0.39, 0.29) is 17.2 Å². The minimum absolute atomic E-state index is 0.156. The quantitative estimate of drug-likeness (QED) is 0.896. The number of hydrogen-bond donors (Lipinski definition) is 2. The molecular weight excluding hydrogens is 276 g/mol. The zero-order valence-corrected chi connectivity index (χ0v) is 13.0. The second-order valence-corrected chi connectivity index (χ2v) is 6.95. The first-order valence-corrected chi connectivity index (χ1v) is 8.49. The fraction of sp³-hybridized carbons (Fsp3) is 0.647. The Morgan fingerprint density at radius 1 is 1.27 bits per heavy atom. The molecule has 0 aromatic carbocycles.